The number of hydrogen-bond donors (Lipinski definition) is 1. The smallest absolute Gasteiger partial charge is 0.550 e. The van der Waals surface area contributed by atoms with Gasteiger partial charge in [0.15, 0.2) is 0 Å². The van der Waals surface area contributed by atoms with Crippen LogP contribution in [-0.4, -0.2) is 28.6 Å². The van der Waals surface area contributed by atoms with Crippen LogP contribution in [0.5, 0.6) is 0 Å². The molecule has 0 atom stereocenters. The third-order valence-corrected chi connectivity index (χ3v) is 1.25. The standard InChI is InChI=1S/C6H8O7.K.W/c7-3(8)1-6(13,5(11)12)2-4(9)10;;/h13H,1-2H2,(H,7,8)(H,9,10)(H,11,12);;/q;+1;/p-3. The summed E-state index contributed by atoms with van der Waals surface area (Å²) in [5.41, 5.74) is -2.97. The molecule has 7 nitrogen and oxygen atoms in total. The van der Waals surface area contributed by atoms with Crippen LogP contribution < -0.4 is 66.7 Å². The van der Waals surface area contributed by atoms with Crippen molar-refractivity contribution in [1.82, 2.24) is 0 Å². The van der Waals surface area contributed by atoms with E-state index in [0.29, 0.717) is 0 Å². The summed E-state index contributed by atoms with van der Waals surface area (Å²) in [6.07, 6.45) is -2.72. The van der Waals surface area contributed by atoms with E-state index in [0.717, 1.165) is 0 Å². The Morgan fingerprint density at radius 1 is 1.00 bits per heavy atom. The van der Waals surface area contributed by atoms with Crippen LogP contribution in [0.4, 0.5) is 0 Å². The Labute approximate surface area is 142 Å². The normalized spacial score (nSPS) is 9.40. The van der Waals surface area contributed by atoms with Crippen LogP contribution in [0.25, 0.3) is 0 Å². The van der Waals surface area contributed by atoms with E-state index in [4.69, 9.17) is 5.11 Å². The third kappa shape index (κ3) is 8.50. The molecule has 0 rings (SSSR count). The van der Waals surface area contributed by atoms with E-state index in [1.54, 1.807) is 0 Å². The van der Waals surface area contributed by atoms with Gasteiger partial charge in [0.2, 0.25) is 0 Å². The second-order valence-corrected chi connectivity index (χ2v) is 2.42. The van der Waals surface area contributed by atoms with Gasteiger partial charge < -0.3 is 34.8 Å². The van der Waals surface area contributed by atoms with Gasteiger partial charge in [-0.3, -0.25) is 0 Å². The molecule has 0 bridgehead atoms. The molecule has 0 amide bonds. The molecule has 0 aliphatic heterocycles. The Kier molecular flexibility index (Phi) is 12.3. The van der Waals surface area contributed by atoms with Gasteiger partial charge >= 0.3 is 51.4 Å². The third-order valence-electron chi connectivity index (χ3n) is 1.25. The zero-order valence-electron chi connectivity index (χ0n) is 7.72. The number of carbonyl (C=O) groups excluding carboxylic acids is 3. The topological polar surface area (TPSA) is 141 Å². The Hall–Kier alpha value is 0.695. The first-order valence-electron chi connectivity index (χ1n) is 3.11. The van der Waals surface area contributed by atoms with Crippen molar-refractivity contribution in [3.8, 4) is 0 Å². The summed E-state index contributed by atoms with van der Waals surface area (Å²) < 4.78 is 0. The van der Waals surface area contributed by atoms with Crippen molar-refractivity contribution in [2.75, 3.05) is 0 Å². The molecule has 0 radical (unpaired) electrons. The van der Waals surface area contributed by atoms with Gasteiger partial charge in [0.25, 0.3) is 0 Å². The number of carboxylic acids is 3. The van der Waals surface area contributed by atoms with Crippen molar-refractivity contribution in [1.29, 1.82) is 0 Å². The van der Waals surface area contributed by atoms with E-state index in [1.165, 1.54) is 0 Å². The maximum Gasteiger partial charge on any atom is 1.00 e. The maximum absolute atomic E-state index is 10.1. The van der Waals surface area contributed by atoms with Gasteiger partial charge in [-0.2, -0.15) is 0 Å². The minimum Gasteiger partial charge on any atom is -0.550 e. The maximum atomic E-state index is 10.1. The van der Waals surface area contributed by atoms with Crippen molar-refractivity contribution >= 4 is 17.9 Å². The molecule has 0 fully saturated rings. The van der Waals surface area contributed by atoms with Crippen molar-refractivity contribution in [3.05, 3.63) is 0 Å². The monoisotopic (exact) mass is 412 g/mol. The second kappa shape index (κ2) is 8.80. The molecular formula is C6H5KO7W-2. The van der Waals surface area contributed by atoms with Crippen LogP contribution in [0.2, 0.25) is 0 Å². The van der Waals surface area contributed by atoms with E-state index in [2.05, 4.69) is 0 Å². The van der Waals surface area contributed by atoms with E-state index in [-0.39, 0.29) is 72.4 Å². The van der Waals surface area contributed by atoms with Crippen LogP contribution in [-0.2, 0) is 35.4 Å². The zero-order valence-corrected chi connectivity index (χ0v) is 13.8. The summed E-state index contributed by atoms with van der Waals surface area (Å²) in [5.74, 6) is -5.98. The van der Waals surface area contributed by atoms with Crippen LogP contribution in [0.1, 0.15) is 12.8 Å². The molecule has 1 N–H and O–H groups in total. The molecule has 0 saturated heterocycles. The van der Waals surface area contributed by atoms with Crippen LogP contribution >= 0.6 is 0 Å². The fourth-order valence-electron chi connectivity index (χ4n) is 0.684. The molecule has 0 aromatic rings. The summed E-state index contributed by atoms with van der Waals surface area (Å²) in [6.45, 7) is 0. The van der Waals surface area contributed by atoms with E-state index in [1.807, 2.05) is 0 Å². The fraction of sp³-hybridized carbons (Fsp3) is 0.500. The van der Waals surface area contributed by atoms with Gasteiger partial charge in [-0.05, 0) is 0 Å². The van der Waals surface area contributed by atoms with Crippen molar-refractivity contribution in [3.63, 3.8) is 0 Å². The summed E-state index contributed by atoms with van der Waals surface area (Å²) in [7, 11) is 0. The van der Waals surface area contributed by atoms with E-state index >= 15 is 0 Å². The van der Waals surface area contributed by atoms with Gasteiger partial charge in [-0.25, -0.2) is 0 Å². The molecule has 9 heteroatoms. The molecule has 80 valence electrons. The van der Waals surface area contributed by atoms with Gasteiger partial charge in [0.05, 0.1) is 5.97 Å². The first-order valence-corrected chi connectivity index (χ1v) is 3.11. The quantitative estimate of drug-likeness (QED) is 0.443. The minimum absolute atomic E-state index is 0. The van der Waals surface area contributed by atoms with E-state index in [9.17, 15) is 29.7 Å². The first-order chi connectivity index (χ1) is 5.78. The minimum atomic E-state index is -2.97. The number of aliphatic carboxylic acids is 3. The second-order valence-electron chi connectivity index (χ2n) is 2.42. The zero-order chi connectivity index (χ0) is 10.6. The number of aliphatic hydroxyl groups is 1. The van der Waals surface area contributed by atoms with Crippen LogP contribution in [0, 0.1) is 0 Å². The van der Waals surface area contributed by atoms with Crippen molar-refractivity contribution in [2.24, 2.45) is 0 Å². The van der Waals surface area contributed by atoms with E-state index < -0.39 is 36.4 Å². The average molecular weight is 412 g/mol. The van der Waals surface area contributed by atoms with Gasteiger partial charge in [0.1, 0.15) is 5.60 Å². The summed E-state index contributed by atoms with van der Waals surface area (Å²) >= 11 is 0. The Morgan fingerprint density at radius 3 is 1.40 bits per heavy atom. The average Bonchev–Trinajstić information content (AvgIpc) is 1.82. The molecule has 0 unspecified atom stereocenters. The van der Waals surface area contributed by atoms with Crippen LogP contribution in [0.15, 0.2) is 0 Å². The molecule has 0 saturated carbocycles. The predicted molar refractivity (Wildman–Crippen MR) is 29.2 cm³/mol. The largest absolute Gasteiger partial charge is 1.00 e. The molecular weight excluding hydrogens is 407 g/mol. The van der Waals surface area contributed by atoms with Crippen LogP contribution in [0.3, 0.4) is 0 Å². The molecule has 0 spiro atoms. The summed E-state index contributed by atoms with van der Waals surface area (Å²) in [6, 6.07) is 0. The summed E-state index contributed by atoms with van der Waals surface area (Å²) in [4.78, 5) is 30.0. The first kappa shape index (κ1) is 21.0. The summed E-state index contributed by atoms with van der Waals surface area (Å²) in [5, 5.41) is 38.9. The molecule has 0 heterocycles. The molecule has 0 aliphatic rings. The Bertz CT molecular complexity index is 238. The molecule has 0 aromatic carbocycles. The number of rotatable bonds is 5. The van der Waals surface area contributed by atoms with Gasteiger partial charge in [-0.15, -0.1) is 0 Å². The molecule has 0 aromatic heterocycles. The Morgan fingerprint density at radius 2 is 1.27 bits per heavy atom. The predicted octanol–water partition coefficient (Wildman–Crippen LogP) is -8.25. The SMILES string of the molecule is O=C([O-])CC(O)(CC(=O)[O-])C(=O)[O-].[K+].[W]. The Balaban J connectivity index is -0.000000720. The van der Waals surface area contributed by atoms with Crippen molar-refractivity contribution in [2.45, 2.75) is 18.4 Å². The van der Waals surface area contributed by atoms with Gasteiger partial charge in [-0.1, -0.05) is 0 Å². The number of hydrogen-bond acceptors (Lipinski definition) is 7. The number of carboxylic acid groups (broad SMARTS) is 3. The number of carbonyl (C=O) groups is 3. The fourth-order valence-corrected chi connectivity index (χ4v) is 0.684. The van der Waals surface area contributed by atoms with Crippen molar-refractivity contribution < 1.29 is 107 Å². The molecule has 0 aliphatic carbocycles. The van der Waals surface area contributed by atoms with Gasteiger partial charge in [0, 0.05) is 45.8 Å². The molecule has 15 heavy (non-hydrogen) atoms.